The molecule has 21 heavy (non-hydrogen) atoms. The minimum atomic E-state index is -4.42. The van der Waals surface area contributed by atoms with E-state index in [2.05, 4.69) is 25.9 Å². The van der Waals surface area contributed by atoms with E-state index in [0.717, 1.165) is 15.9 Å². The highest BCUT2D eigenvalue weighted by Gasteiger charge is 2.30. The Balaban J connectivity index is 2.21. The zero-order chi connectivity index (χ0) is 15.2. The minimum absolute atomic E-state index is 0.131. The fraction of sp³-hybridized carbons (Fsp3) is 0.0769. The highest BCUT2D eigenvalue weighted by atomic mass is 79.9. The molecule has 0 bridgehead atoms. The lowest BCUT2D eigenvalue weighted by Crippen LogP contribution is -2.05. The van der Waals surface area contributed by atoms with Crippen LogP contribution in [0.4, 0.5) is 13.2 Å². The maximum atomic E-state index is 12.8. The molecule has 0 radical (unpaired) electrons. The van der Waals surface area contributed by atoms with Gasteiger partial charge in [0.05, 0.1) is 14.9 Å². The molecule has 0 spiro atoms. The lowest BCUT2D eigenvalue weighted by Gasteiger charge is -2.08. The molecular formula is C13H5BrClF3N2S. The summed E-state index contributed by atoms with van der Waals surface area (Å²) in [5, 5.41) is 2.32. The molecule has 2 heterocycles. The van der Waals surface area contributed by atoms with Crippen LogP contribution in [0.3, 0.4) is 0 Å². The number of thiophene rings is 1. The van der Waals surface area contributed by atoms with Crippen molar-refractivity contribution in [3.8, 4) is 11.4 Å². The maximum absolute atomic E-state index is 12.8. The van der Waals surface area contributed by atoms with Gasteiger partial charge in [-0.25, -0.2) is 9.97 Å². The van der Waals surface area contributed by atoms with E-state index < -0.39 is 11.7 Å². The Kier molecular flexibility index (Phi) is 3.67. The van der Waals surface area contributed by atoms with E-state index in [9.17, 15) is 13.2 Å². The molecule has 3 rings (SSSR count). The van der Waals surface area contributed by atoms with Crippen LogP contribution in [0.1, 0.15) is 5.56 Å². The lowest BCUT2D eigenvalue weighted by atomic mass is 10.1. The average Bonchev–Trinajstić information content (AvgIpc) is 2.83. The molecule has 0 unspecified atom stereocenters. The molecule has 0 saturated carbocycles. The van der Waals surface area contributed by atoms with Gasteiger partial charge in [-0.2, -0.15) is 13.2 Å². The van der Waals surface area contributed by atoms with Crippen molar-refractivity contribution in [2.24, 2.45) is 0 Å². The summed E-state index contributed by atoms with van der Waals surface area (Å²) in [7, 11) is 0. The molecule has 0 atom stereocenters. The van der Waals surface area contributed by atoms with Crippen LogP contribution in [0.25, 0.3) is 22.3 Å². The van der Waals surface area contributed by atoms with Crippen molar-refractivity contribution in [1.82, 2.24) is 9.97 Å². The largest absolute Gasteiger partial charge is 0.416 e. The molecule has 0 aliphatic rings. The van der Waals surface area contributed by atoms with Gasteiger partial charge in [0, 0.05) is 16.3 Å². The SMILES string of the molecule is FC(F)(F)c1ccc2c(Cl)nc(-c3csc(Br)c3)nc2c1. The summed E-state index contributed by atoms with van der Waals surface area (Å²) in [6, 6.07) is 5.02. The highest BCUT2D eigenvalue weighted by molar-refractivity contribution is 9.11. The van der Waals surface area contributed by atoms with Gasteiger partial charge in [-0.05, 0) is 40.2 Å². The molecular weight excluding hydrogens is 389 g/mol. The quantitative estimate of drug-likeness (QED) is 0.489. The normalized spacial score (nSPS) is 12.0. The van der Waals surface area contributed by atoms with Crippen molar-refractivity contribution in [3.05, 3.63) is 44.1 Å². The van der Waals surface area contributed by atoms with E-state index in [4.69, 9.17) is 11.6 Å². The maximum Gasteiger partial charge on any atom is 0.416 e. The van der Waals surface area contributed by atoms with Crippen molar-refractivity contribution < 1.29 is 13.2 Å². The predicted molar refractivity (Wildman–Crippen MR) is 80.6 cm³/mol. The Bertz CT molecular complexity index is 832. The minimum Gasteiger partial charge on any atom is -0.228 e. The van der Waals surface area contributed by atoms with E-state index in [0.29, 0.717) is 16.8 Å². The van der Waals surface area contributed by atoms with Gasteiger partial charge in [0.15, 0.2) is 5.82 Å². The molecule has 2 nitrogen and oxygen atoms in total. The average molecular weight is 394 g/mol. The van der Waals surface area contributed by atoms with E-state index in [1.807, 2.05) is 0 Å². The van der Waals surface area contributed by atoms with Crippen molar-refractivity contribution in [2.45, 2.75) is 6.18 Å². The molecule has 0 saturated heterocycles. The molecule has 0 N–H and O–H groups in total. The Morgan fingerprint density at radius 2 is 1.90 bits per heavy atom. The van der Waals surface area contributed by atoms with E-state index in [1.54, 1.807) is 11.4 Å². The third kappa shape index (κ3) is 2.90. The second-order valence-electron chi connectivity index (χ2n) is 4.21. The van der Waals surface area contributed by atoms with Crippen LogP contribution in [0.5, 0.6) is 0 Å². The number of aromatic nitrogens is 2. The number of fused-ring (bicyclic) bond motifs is 1. The summed E-state index contributed by atoms with van der Waals surface area (Å²) in [5.41, 5.74) is 0.109. The Morgan fingerprint density at radius 1 is 1.14 bits per heavy atom. The zero-order valence-corrected chi connectivity index (χ0v) is 13.2. The molecule has 8 heteroatoms. The standard InChI is InChI=1S/C13H5BrClF3N2S/c14-10-3-6(5-21-10)12-19-9-4-7(13(16,17)18)1-2-8(9)11(15)20-12/h1-5H. The Labute approximate surface area is 134 Å². The number of nitrogens with zero attached hydrogens (tertiary/aromatic N) is 2. The Morgan fingerprint density at radius 3 is 2.52 bits per heavy atom. The molecule has 0 aliphatic heterocycles. The third-order valence-corrected chi connectivity index (χ3v) is 4.60. The second kappa shape index (κ2) is 5.23. The van der Waals surface area contributed by atoms with E-state index in [-0.39, 0.29) is 10.7 Å². The summed E-state index contributed by atoms with van der Waals surface area (Å²) in [6.45, 7) is 0. The van der Waals surface area contributed by atoms with Crippen LogP contribution in [-0.4, -0.2) is 9.97 Å². The predicted octanol–water partition coefficient (Wildman–Crippen LogP) is 5.79. The first-order chi connectivity index (χ1) is 9.84. The molecule has 1 aromatic carbocycles. The monoisotopic (exact) mass is 392 g/mol. The van der Waals surface area contributed by atoms with Gasteiger partial charge in [-0.1, -0.05) is 11.6 Å². The van der Waals surface area contributed by atoms with Crippen LogP contribution in [0.2, 0.25) is 5.15 Å². The first-order valence-electron chi connectivity index (χ1n) is 5.63. The summed E-state index contributed by atoms with van der Waals surface area (Å²) in [5.74, 6) is 0.300. The van der Waals surface area contributed by atoms with E-state index >= 15 is 0 Å². The van der Waals surface area contributed by atoms with Crippen LogP contribution in [0.15, 0.2) is 33.4 Å². The first kappa shape index (κ1) is 14.7. The van der Waals surface area contributed by atoms with E-state index in [1.165, 1.54) is 17.4 Å². The van der Waals surface area contributed by atoms with Gasteiger partial charge in [0.1, 0.15) is 5.15 Å². The molecule has 2 aromatic heterocycles. The summed E-state index contributed by atoms with van der Waals surface area (Å²) < 4.78 is 39.2. The molecule has 3 aromatic rings. The fourth-order valence-electron chi connectivity index (χ4n) is 1.82. The molecule has 108 valence electrons. The lowest BCUT2D eigenvalue weighted by molar-refractivity contribution is -0.137. The zero-order valence-electron chi connectivity index (χ0n) is 10.1. The van der Waals surface area contributed by atoms with Crippen LogP contribution in [-0.2, 0) is 6.18 Å². The van der Waals surface area contributed by atoms with Crippen LogP contribution >= 0.6 is 38.9 Å². The Hall–Kier alpha value is -1.18. The fourth-order valence-corrected chi connectivity index (χ4v) is 3.20. The van der Waals surface area contributed by atoms with Gasteiger partial charge in [0.2, 0.25) is 0 Å². The number of halogens is 5. The highest BCUT2D eigenvalue weighted by Crippen LogP contribution is 2.34. The topological polar surface area (TPSA) is 25.8 Å². The third-order valence-electron chi connectivity index (χ3n) is 2.80. The second-order valence-corrected chi connectivity index (χ2v) is 6.86. The molecule has 0 fully saturated rings. The van der Waals surface area contributed by atoms with Crippen LogP contribution < -0.4 is 0 Å². The number of rotatable bonds is 1. The molecule has 0 aliphatic carbocycles. The van der Waals surface area contributed by atoms with Crippen molar-refractivity contribution >= 4 is 49.8 Å². The number of alkyl halides is 3. The van der Waals surface area contributed by atoms with Gasteiger partial charge < -0.3 is 0 Å². The number of hydrogen-bond donors (Lipinski definition) is 0. The van der Waals surface area contributed by atoms with Gasteiger partial charge >= 0.3 is 6.18 Å². The molecule has 0 amide bonds. The summed E-state index contributed by atoms with van der Waals surface area (Å²) in [4.78, 5) is 8.32. The van der Waals surface area contributed by atoms with Crippen molar-refractivity contribution in [2.75, 3.05) is 0 Å². The smallest absolute Gasteiger partial charge is 0.228 e. The van der Waals surface area contributed by atoms with Gasteiger partial charge in [-0.15, -0.1) is 11.3 Å². The van der Waals surface area contributed by atoms with Crippen molar-refractivity contribution in [3.63, 3.8) is 0 Å². The summed E-state index contributed by atoms with van der Waals surface area (Å²) in [6.07, 6.45) is -4.42. The number of hydrogen-bond acceptors (Lipinski definition) is 3. The summed E-state index contributed by atoms with van der Waals surface area (Å²) >= 11 is 10.8. The van der Waals surface area contributed by atoms with Crippen LogP contribution in [0, 0.1) is 0 Å². The number of benzene rings is 1. The van der Waals surface area contributed by atoms with Gasteiger partial charge in [-0.3, -0.25) is 0 Å². The van der Waals surface area contributed by atoms with Gasteiger partial charge in [0.25, 0.3) is 0 Å². The van der Waals surface area contributed by atoms with Crippen molar-refractivity contribution in [1.29, 1.82) is 0 Å². The first-order valence-corrected chi connectivity index (χ1v) is 7.68.